The van der Waals surface area contributed by atoms with Crippen molar-refractivity contribution in [3.63, 3.8) is 0 Å². The van der Waals surface area contributed by atoms with E-state index in [-0.39, 0.29) is 130 Å². The lowest BCUT2D eigenvalue weighted by molar-refractivity contribution is 0.0485. The van der Waals surface area contributed by atoms with E-state index >= 15 is 9.59 Å². The molecule has 0 N–H and O–H groups in total. The van der Waals surface area contributed by atoms with Gasteiger partial charge in [-0.3, -0.25) is 0 Å². The van der Waals surface area contributed by atoms with Gasteiger partial charge in [0.2, 0.25) is 0 Å². The zero-order chi connectivity index (χ0) is 69.6. The molecule has 0 unspecified atom stereocenters. The molecule has 0 atom stereocenters. The molecule has 0 aliphatic carbocycles. The lowest BCUT2D eigenvalue weighted by Gasteiger charge is -2.22. The third-order valence-corrected chi connectivity index (χ3v) is 17.9. The molecule has 0 saturated heterocycles. The molecule has 0 aromatic heterocycles. The summed E-state index contributed by atoms with van der Waals surface area (Å²) in [6.07, 6.45) is 10.6. The fourth-order valence-corrected chi connectivity index (χ4v) is 12.8. The van der Waals surface area contributed by atoms with E-state index in [2.05, 4.69) is 11.8 Å². The second-order valence-corrected chi connectivity index (χ2v) is 24.8. The smallest absolute Gasteiger partial charge is 0.338 e. The van der Waals surface area contributed by atoms with Crippen LogP contribution in [0.3, 0.4) is 0 Å². The van der Waals surface area contributed by atoms with Crippen molar-refractivity contribution < 1.29 is 76.3 Å². The van der Waals surface area contributed by atoms with E-state index in [4.69, 9.17) is 37.9 Å². The summed E-state index contributed by atoms with van der Waals surface area (Å²) in [4.78, 5) is 118. The minimum Gasteiger partial charge on any atom is -0.462 e. The molecule has 98 heavy (non-hydrogen) atoms. The maximum absolute atomic E-state index is 15.1. The Kier molecular flexibility index (Phi) is 23.8. The standard InChI is InChI=1S/C82H86O16/c1-9-17-39-91-75(83)57-33-27-51-53-29-35-61(79(87)95-43-21-13-5)71-63(81(89)97-45-23-15-7)47-49(65(73(53)71)55-31-37-59(69(57)67(51)55)77(85)93-41-19-11-3)25-26-50-48-64(82(90)98-46-24-16-8)72-62(80(88)96-44-22-14-6)36-30-54-52-28-34-58(76(84)92-40-18-10-2)70-60(78(86)94-42-20-12-4)38-32-56(68(52)70)66(50)74(54)72/h27-38,47-48H,9-24,39-46H2,1-8H3. The predicted octanol–water partition coefficient (Wildman–Crippen LogP) is 18.8. The molecule has 10 aromatic carbocycles. The van der Waals surface area contributed by atoms with Crippen LogP contribution in [0.4, 0.5) is 0 Å². The molecule has 0 heterocycles. The average Bonchev–Trinajstić information content (AvgIpc) is 0.703. The van der Waals surface area contributed by atoms with Gasteiger partial charge in [-0.05, 0) is 143 Å². The fraction of sp³-hybridized carbons (Fsp3) is 0.390. The molecule has 510 valence electrons. The van der Waals surface area contributed by atoms with Crippen LogP contribution in [0.1, 0.15) is 252 Å². The molecule has 0 spiro atoms. The topological polar surface area (TPSA) is 210 Å². The normalized spacial score (nSPS) is 11.5. The third kappa shape index (κ3) is 14.3. The number of esters is 8. The molecule has 0 amide bonds. The molecule has 0 radical (unpaired) electrons. The molecule has 16 heteroatoms. The van der Waals surface area contributed by atoms with Crippen LogP contribution in [0.2, 0.25) is 0 Å². The maximum atomic E-state index is 15.1. The lowest BCUT2D eigenvalue weighted by Crippen LogP contribution is -2.14. The number of fused-ring (bicyclic) bond motifs is 4. The average molecular weight is 1330 g/mol. The Morgan fingerprint density at radius 2 is 0.408 bits per heavy atom. The van der Waals surface area contributed by atoms with Gasteiger partial charge in [-0.15, -0.1) is 0 Å². The molecule has 16 nitrogen and oxygen atoms in total. The van der Waals surface area contributed by atoms with Crippen LogP contribution < -0.4 is 0 Å². The van der Waals surface area contributed by atoms with Crippen molar-refractivity contribution in [3.8, 4) is 11.8 Å². The summed E-state index contributed by atoms with van der Waals surface area (Å²) in [6, 6.07) is 23.5. The third-order valence-electron chi connectivity index (χ3n) is 17.9. The number of benzene rings is 10. The van der Waals surface area contributed by atoms with Crippen molar-refractivity contribution in [1.29, 1.82) is 0 Å². The Balaban J connectivity index is 1.41. The van der Waals surface area contributed by atoms with Crippen molar-refractivity contribution in [1.82, 2.24) is 0 Å². The van der Waals surface area contributed by atoms with Crippen LogP contribution in [0, 0.1) is 11.8 Å². The summed E-state index contributed by atoms with van der Waals surface area (Å²) >= 11 is 0. The SMILES string of the molecule is CCCCOC(=O)c1ccc2c3ccc(C(=O)OCCCC)c4c(C(=O)OCCCC)cc(C#Cc5cc(C(=O)OCCCC)c6c(C(=O)OCCCC)ccc7c8ccc(C(=O)OCCCC)c9c(C(=O)OCCCC)ccc(c5c67)c98)c(c5ccc(C(=O)OCCCC)c1c25)c43. The van der Waals surface area contributed by atoms with Gasteiger partial charge in [0.1, 0.15) is 0 Å². The van der Waals surface area contributed by atoms with Crippen LogP contribution in [0.25, 0.3) is 86.2 Å². The summed E-state index contributed by atoms with van der Waals surface area (Å²) in [5.41, 5.74) is 1.12. The Hall–Kier alpha value is -9.88. The van der Waals surface area contributed by atoms with Crippen LogP contribution in [-0.4, -0.2) is 101 Å². The van der Waals surface area contributed by atoms with Gasteiger partial charge in [-0.25, -0.2) is 38.4 Å². The van der Waals surface area contributed by atoms with Crippen molar-refractivity contribution >= 4 is 134 Å². The summed E-state index contributed by atoms with van der Waals surface area (Å²) in [5.74, 6) is 1.56. The molecule has 0 aliphatic rings. The van der Waals surface area contributed by atoms with Crippen molar-refractivity contribution in [2.75, 3.05) is 52.9 Å². The highest BCUT2D eigenvalue weighted by atomic mass is 16.6. The lowest BCUT2D eigenvalue weighted by atomic mass is 9.82. The van der Waals surface area contributed by atoms with E-state index in [1.807, 2.05) is 55.4 Å². The van der Waals surface area contributed by atoms with Crippen molar-refractivity contribution in [3.05, 3.63) is 141 Å². The minimum absolute atomic E-state index is 0.00402. The molecule has 10 rings (SSSR count). The summed E-state index contributed by atoms with van der Waals surface area (Å²) in [7, 11) is 0. The van der Waals surface area contributed by atoms with Gasteiger partial charge in [-0.2, -0.15) is 0 Å². The van der Waals surface area contributed by atoms with Gasteiger partial charge < -0.3 is 37.9 Å². The predicted molar refractivity (Wildman–Crippen MR) is 383 cm³/mol. The van der Waals surface area contributed by atoms with Crippen LogP contribution >= 0.6 is 0 Å². The van der Waals surface area contributed by atoms with Crippen LogP contribution in [0.5, 0.6) is 0 Å². The fourth-order valence-electron chi connectivity index (χ4n) is 12.8. The second kappa shape index (κ2) is 32.9. The monoisotopic (exact) mass is 1330 g/mol. The molecule has 10 aromatic rings. The molecule has 0 aliphatic heterocycles. The number of unbranched alkanes of at least 4 members (excludes halogenated alkanes) is 8. The number of carbonyl (C=O) groups is 8. The molecule has 0 saturated carbocycles. The van der Waals surface area contributed by atoms with Crippen LogP contribution in [-0.2, 0) is 37.9 Å². The first-order valence-corrected chi connectivity index (χ1v) is 35.1. The van der Waals surface area contributed by atoms with Crippen LogP contribution in [0.15, 0.2) is 84.9 Å². The zero-order valence-electron chi connectivity index (χ0n) is 57.6. The highest BCUT2D eigenvalue weighted by Crippen LogP contribution is 2.49. The van der Waals surface area contributed by atoms with E-state index in [9.17, 15) is 28.8 Å². The zero-order valence-corrected chi connectivity index (χ0v) is 57.6. The summed E-state index contributed by atoms with van der Waals surface area (Å²) in [6.45, 7) is 16.7. The molecular formula is C82H86O16. The van der Waals surface area contributed by atoms with Gasteiger partial charge in [0, 0.05) is 54.2 Å². The highest BCUT2D eigenvalue weighted by molar-refractivity contribution is 6.41. The van der Waals surface area contributed by atoms with E-state index in [0.29, 0.717) is 129 Å². The van der Waals surface area contributed by atoms with Crippen molar-refractivity contribution in [2.24, 2.45) is 0 Å². The number of rotatable bonds is 32. The second-order valence-electron chi connectivity index (χ2n) is 24.8. The first kappa shape index (κ1) is 70.9. The van der Waals surface area contributed by atoms with E-state index in [1.165, 1.54) is 0 Å². The van der Waals surface area contributed by atoms with E-state index in [1.54, 1.807) is 84.9 Å². The summed E-state index contributed by atoms with van der Waals surface area (Å²) in [5, 5.41) is 6.81. The molecular weight excluding hydrogens is 1240 g/mol. The van der Waals surface area contributed by atoms with Crippen molar-refractivity contribution in [2.45, 2.75) is 158 Å². The number of hydrogen-bond acceptors (Lipinski definition) is 16. The maximum Gasteiger partial charge on any atom is 0.338 e. The summed E-state index contributed by atoms with van der Waals surface area (Å²) < 4.78 is 47.7. The Morgan fingerprint density at radius 1 is 0.224 bits per heavy atom. The van der Waals surface area contributed by atoms with Gasteiger partial charge >= 0.3 is 47.8 Å². The Morgan fingerprint density at radius 3 is 0.622 bits per heavy atom. The van der Waals surface area contributed by atoms with Gasteiger partial charge in [0.15, 0.2) is 0 Å². The highest BCUT2D eigenvalue weighted by Gasteiger charge is 2.32. The number of ether oxygens (including phenoxy) is 8. The largest absolute Gasteiger partial charge is 0.462 e. The Bertz CT molecular complexity index is 4400. The first-order chi connectivity index (χ1) is 47.7. The molecule has 0 fully saturated rings. The molecule has 0 bridgehead atoms. The quantitative estimate of drug-likeness (QED) is 0.00958. The minimum atomic E-state index is -0.740. The van der Waals surface area contributed by atoms with E-state index in [0.717, 1.165) is 38.5 Å². The van der Waals surface area contributed by atoms with Gasteiger partial charge in [0.25, 0.3) is 0 Å². The first-order valence-electron chi connectivity index (χ1n) is 35.1. The van der Waals surface area contributed by atoms with Gasteiger partial charge in [-0.1, -0.05) is 155 Å². The number of carbonyl (C=O) groups excluding carboxylic acids is 8. The number of hydrogen-bond donors (Lipinski definition) is 0. The van der Waals surface area contributed by atoms with E-state index < -0.39 is 47.8 Å². The Labute approximate surface area is 570 Å². The van der Waals surface area contributed by atoms with Gasteiger partial charge in [0.05, 0.1) is 97.4 Å².